The number of amides is 1. The average Bonchev–Trinajstić information content (AvgIpc) is 2.54. The van der Waals surface area contributed by atoms with Crippen LogP contribution in [0.2, 0.25) is 5.02 Å². The second kappa shape index (κ2) is 8.32. The number of carbonyl (C=O) groups is 2. The van der Waals surface area contributed by atoms with Gasteiger partial charge in [0.05, 0.1) is 6.42 Å². The summed E-state index contributed by atoms with van der Waals surface area (Å²) in [5, 5.41) is 2.92. The van der Waals surface area contributed by atoms with E-state index in [-0.39, 0.29) is 17.0 Å². The highest BCUT2D eigenvalue weighted by atomic mass is 35.5. The Morgan fingerprint density at radius 2 is 1.81 bits per heavy atom. The van der Waals surface area contributed by atoms with E-state index in [1.807, 2.05) is 32.9 Å². The Kier molecular flexibility index (Phi) is 6.37. The molecule has 26 heavy (non-hydrogen) atoms. The zero-order valence-electron chi connectivity index (χ0n) is 15.2. The van der Waals surface area contributed by atoms with E-state index in [9.17, 15) is 14.0 Å². The Bertz CT molecular complexity index is 808. The van der Waals surface area contributed by atoms with E-state index >= 15 is 0 Å². The van der Waals surface area contributed by atoms with Crippen LogP contribution in [0, 0.1) is 26.6 Å². The van der Waals surface area contributed by atoms with Gasteiger partial charge in [0.25, 0.3) is 5.91 Å². The van der Waals surface area contributed by atoms with Crippen molar-refractivity contribution in [3.8, 4) is 0 Å². The molecule has 0 aliphatic carbocycles. The summed E-state index contributed by atoms with van der Waals surface area (Å²) >= 11 is 5.90. The number of benzene rings is 2. The summed E-state index contributed by atoms with van der Waals surface area (Å²) in [5.41, 5.74) is 3.69. The fraction of sp³-hybridized carbons (Fsp3) is 0.300. The van der Waals surface area contributed by atoms with Crippen LogP contribution in [0.15, 0.2) is 30.3 Å². The quantitative estimate of drug-likeness (QED) is 0.779. The standard InChI is InChI=1S/C20H21ClFNO3/c1-11-8-12(2)19(13(3)9-11)23-20(25)14(4)26-18(24)10-15-16(21)6-5-7-17(15)22/h5-9,14H,10H2,1-4H3,(H,23,25)/t14-/m1/s1. The van der Waals surface area contributed by atoms with Gasteiger partial charge in [0.1, 0.15) is 5.82 Å². The van der Waals surface area contributed by atoms with Gasteiger partial charge in [0.15, 0.2) is 6.10 Å². The highest BCUT2D eigenvalue weighted by Gasteiger charge is 2.21. The molecule has 6 heteroatoms. The van der Waals surface area contributed by atoms with Crippen LogP contribution in [0.5, 0.6) is 0 Å². The minimum Gasteiger partial charge on any atom is -0.452 e. The Morgan fingerprint density at radius 1 is 1.19 bits per heavy atom. The van der Waals surface area contributed by atoms with Crippen molar-refractivity contribution in [2.24, 2.45) is 0 Å². The molecule has 0 fully saturated rings. The predicted octanol–water partition coefficient (Wildman–Crippen LogP) is 4.52. The summed E-state index contributed by atoms with van der Waals surface area (Å²) in [6, 6.07) is 8.08. The smallest absolute Gasteiger partial charge is 0.311 e. The van der Waals surface area contributed by atoms with Gasteiger partial charge in [-0.1, -0.05) is 35.4 Å². The van der Waals surface area contributed by atoms with Gasteiger partial charge in [-0.3, -0.25) is 9.59 Å². The van der Waals surface area contributed by atoms with Crippen LogP contribution in [0.3, 0.4) is 0 Å². The van der Waals surface area contributed by atoms with E-state index in [1.165, 1.54) is 25.1 Å². The fourth-order valence-corrected chi connectivity index (χ4v) is 2.97. The van der Waals surface area contributed by atoms with E-state index in [1.54, 1.807) is 0 Å². The maximum absolute atomic E-state index is 13.7. The van der Waals surface area contributed by atoms with Crippen molar-refractivity contribution in [3.63, 3.8) is 0 Å². The van der Waals surface area contributed by atoms with Crippen molar-refractivity contribution in [2.45, 2.75) is 40.2 Å². The van der Waals surface area contributed by atoms with E-state index in [4.69, 9.17) is 16.3 Å². The van der Waals surface area contributed by atoms with Crippen molar-refractivity contribution in [1.29, 1.82) is 0 Å². The molecule has 1 N–H and O–H groups in total. The Morgan fingerprint density at radius 3 is 2.38 bits per heavy atom. The lowest BCUT2D eigenvalue weighted by molar-refractivity contribution is -0.152. The molecule has 0 bridgehead atoms. The first-order chi connectivity index (χ1) is 12.2. The van der Waals surface area contributed by atoms with Crippen molar-refractivity contribution in [3.05, 3.63) is 63.4 Å². The predicted molar refractivity (Wildman–Crippen MR) is 100.0 cm³/mol. The molecular weight excluding hydrogens is 357 g/mol. The van der Waals surface area contributed by atoms with Crippen LogP contribution in [-0.2, 0) is 20.7 Å². The molecular formula is C20H21ClFNO3. The van der Waals surface area contributed by atoms with Crippen LogP contribution >= 0.6 is 11.6 Å². The molecule has 0 aromatic heterocycles. The summed E-state index contributed by atoms with van der Waals surface area (Å²) in [6.07, 6.45) is -1.36. The number of carbonyl (C=O) groups excluding carboxylic acids is 2. The molecule has 138 valence electrons. The Labute approximate surface area is 157 Å². The van der Waals surface area contributed by atoms with Gasteiger partial charge in [0.2, 0.25) is 0 Å². The molecule has 0 saturated carbocycles. The number of hydrogen-bond donors (Lipinski definition) is 1. The lowest BCUT2D eigenvalue weighted by atomic mass is 10.0. The van der Waals surface area contributed by atoms with Crippen molar-refractivity contribution in [2.75, 3.05) is 5.32 Å². The Balaban J connectivity index is 2.02. The molecule has 1 atom stereocenters. The highest BCUT2D eigenvalue weighted by molar-refractivity contribution is 6.31. The molecule has 0 spiro atoms. The average molecular weight is 378 g/mol. The fourth-order valence-electron chi connectivity index (χ4n) is 2.74. The number of hydrogen-bond acceptors (Lipinski definition) is 3. The number of anilines is 1. The van der Waals surface area contributed by atoms with Crippen LogP contribution in [0.1, 0.15) is 29.2 Å². The molecule has 0 saturated heterocycles. The number of nitrogens with one attached hydrogen (secondary N) is 1. The van der Waals surface area contributed by atoms with Crippen LogP contribution in [-0.4, -0.2) is 18.0 Å². The first-order valence-electron chi connectivity index (χ1n) is 8.20. The van der Waals surface area contributed by atoms with E-state index in [0.29, 0.717) is 5.69 Å². The van der Waals surface area contributed by atoms with Crippen molar-refractivity contribution < 1.29 is 18.7 Å². The molecule has 2 aromatic carbocycles. The van der Waals surface area contributed by atoms with Crippen LogP contribution in [0.4, 0.5) is 10.1 Å². The zero-order valence-corrected chi connectivity index (χ0v) is 15.9. The summed E-state index contributed by atoms with van der Waals surface area (Å²) in [5.74, 6) is -1.76. The molecule has 0 radical (unpaired) electrons. The number of rotatable bonds is 5. The van der Waals surface area contributed by atoms with E-state index in [0.717, 1.165) is 16.7 Å². The minimum absolute atomic E-state index is 0.0528. The molecule has 1 amide bonds. The van der Waals surface area contributed by atoms with Gasteiger partial charge in [-0.25, -0.2) is 4.39 Å². The third-order valence-corrected chi connectivity index (χ3v) is 4.34. The number of ether oxygens (including phenoxy) is 1. The van der Waals surface area contributed by atoms with Gasteiger partial charge >= 0.3 is 5.97 Å². The van der Waals surface area contributed by atoms with Crippen molar-refractivity contribution in [1.82, 2.24) is 0 Å². The normalized spacial score (nSPS) is 11.8. The zero-order chi connectivity index (χ0) is 19.4. The molecule has 0 unspecified atom stereocenters. The Hall–Kier alpha value is -2.40. The van der Waals surface area contributed by atoms with Crippen LogP contribution in [0.25, 0.3) is 0 Å². The third-order valence-electron chi connectivity index (χ3n) is 3.99. The lowest BCUT2D eigenvalue weighted by Gasteiger charge is -2.17. The second-order valence-corrected chi connectivity index (χ2v) is 6.68. The third kappa shape index (κ3) is 4.82. The lowest BCUT2D eigenvalue weighted by Crippen LogP contribution is -2.31. The second-order valence-electron chi connectivity index (χ2n) is 6.27. The van der Waals surface area contributed by atoms with Gasteiger partial charge in [-0.2, -0.15) is 0 Å². The maximum Gasteiger partial charge on any atom is 0.311 e. The molecule has 0 aliphatic rings. The number of esters is 1. The van der Waals surface area contributed by atoms with E-state index in [2.05, 4.69) is 5.32 Å². The summed E-state index contributed by atoms with van der Waals surface area (Å²) in [6.45, 7) is 7.23. The van der Waals surface area contributed by atoms with Gasteiger partial charge in [-0.15, -0.1) is 0 Å². The molecule has 0 aliphatic heterocycles. The summed E-state index contributed by atoms with van der Waals surface area (Å²) in [7, 11) is 0. The summed E-state index contributed by atoms with van der Waals surface area (Å²) in [4.78, 5) is 24.4. The van der Waals surface area contributed by atoms with Crippen LogP contribution < -0.4 is 5.32 Å². The van der Waals surface area contributed by atoms with Gasteiger partial charge < -0.3 is 10.1 Å². The maximum atomic E-state index is 13.7. The van der Waals surface area contributed by atoms with E-state index < -0.39 is 23.8 Å². The SMILES string of the molecule is Cc1cc(C)c(NC(=O)[C@@H](C)OC(=O)Cc2c(F)cccc2Cl)c(C)c1. The van der Waals surface area contributed by atoms with Gasteiger partial charge in [0, 0.05) is 16.3 Å². The molecule has 2 rings (SSSR count). The molecule has 2 aromatic rings. The monoisotopic (exact) mass is 377 g/mol. The number of aryl methyl sites for hydroxylation is 3. The first-order valence-corrected chi connectivity index (χ1v) is 8.58. The van der Waals surface area contributed by atoms with Gasteiger partial charge in [-0.05, 0) is 51.0 Å². The molecule has 0 heterocycles. The van der Waals surface area contributed by atoms with Crippen molar-refractivity contribution >= 4 is 29.2 Å². The minimum atomic E-state index is -1.02. The summed E-state index contributed by atoms with van der Waals surface area (Å²) < 4.78 is 18.9. The highest BCUT2D eigenvalue weighted by Crippen LogP contribution is 2.23. The molecule has 4 nitrogen and oxygen atoms in total. The first kappa shape index (κ1) is 19.9. The number of halogens is 2. The topological polar surface area (TPSA) is 55.4 Å². The largest absolute Gasteiger partial charge is 0.452 e.